The van der Waals surface area contributed by atoms with Gasteiger partial charge in [-0.3, -0.25) is 9.59 Å². The van der Waals surface area contributed by atoms with Gasteiger partial charge in [-0.15, -0.1) is 0 Å². The van der Waals surface area contributed by atoms with Crippen LogP contribution in [0.5, 0.6) is 5.75 Å². The average molecular weight is 192 g/mol. The molecule has 0 aliphatic rings. The number of hydrogen-bond acceptors (Lipinski definition) is 3. The van der Waals surface area contributed by atoms with E-state index in [0.717, 1.165) is 5.56 Å². The predicted molar refractivity (Wildman–Crippen MR) is 52.5 cm³/mol. The van der Waals surface area contributed by atoms with E-state index in [1.165, 1.54) is 13.8 Å². The van der Waals surface area contributed by atoms with Crippen molar-refractivity contribution in [1.82, 2.24) is 0 Å². The van der Waals surface area contributed by atoms with Gasteiger partial charge in [-0.05, 0) is 25.5 Å². The number of benzene rings is 1. The van der Waals surface area contributed by atoms with Crippen molar-refractivity contribution in [1.29, 1.82) is 0 Å². The molecule has 3 heteroatoms. The second-order valence-corrected chi connectivity index (χ2v) is 3.13. The zero-order valence-electron chi connectivity index (χ0n) is 8.46. The highest BCUT2D eigenvalue weighted by Crippen LogP contribution is 2.19. The van der Waals surface area contributed by atoms with Crippen LogP contribution in [0.3, 0.4) is 0 Å². The summed E-state index contributed by atoms with van der Waals surface area (Å²) in [7, 11) is 0. The van der Waals surface area contributed by atoms with Crippen LogP contribution in [-0.4, -0.2) is 11.8 Å². The van der Waals surface area contributed by atoms with Crippen LogP contribution in [0.2, 0.25) is 0 Å². The highest BCUT2D eigenvalue weighted by molar-refractivity contribution is 5.94. The average Bonchev–Trinajstić information content (AvgIpc) is 2.07. The Hall–Kier alpha value is -1.64. The third-order valence-electron chi connectivity index (χ3n) is 1.85. The first-order valence-corrected chi connectivity index (χ1v) is 4.30. The molecule has 0 amide bonds. The number of ketones is 1. The Morgan fingerprint density at radius 2 is 1.86 bits per heavy atom. The second kappa shape index (κ2) is 4.05. The van der Waals surface area contributed by atoms with Crippen molar-refractivity contribution >= 4 is 11.8 Å². The first-order chi connectivity index (χ1) is 6.50. The standard InChI is InChI=1S/C11H12O3/c1-7-4-5-10(8(2)12)6-11(7)14-9(3)13/h4-6H,1-3H3. The van der Waals surface area contributed by atoms with Crippen molar-refractivity contribution < 1.29 is 14.3 Å². The number of hydrogen-bond donors (Lipinski definition) is 0. The van der Waals surface area contributed by atoms with Crippen molar-refractivity contribution in [2.24, 2.45) is 0 Å². The summed E-state index contributed by atoms with van der Waals surface area (Å²) >= 11 is 0. The van der Waals surface area contributed by atoms with Gasteiger partial charge in [-0.25, -0.2) is 0 Å². The number of Topliss-reactive ketones (excluding diaryl/α,β-unsaturated/α-hetero) is 1. The van der Waals surface area contributed by atoms with Crippen molar-refractivity contribution in [3.8, 4) is 5.75 Å². The lowest BCUT2D eigenvalue weighted by atomic mass is 10.1. The fourth-order valence-electron chi connectivity index (χ4n) is 1.08. The molecule has 1 rings (SSSR count). The van der Waals surface area contributed by atoms with E-state index in [9.17, 15) is 9.59 Å². The fourth-order valence-corrected chi connectivity index (χ4v) is 1.08. The molecule has 0 unspecified atom stereocenters. The van der Waals surface area contributed by atoms with Crippen LogP contribution < -0.4 is 4.74 Å². The number of carbonyl (C=O) groups is 2. The molecule has 1 aromatic carbocycles. The van der Waals surface area contributed by atoms with Gasteiger partial charge >= 0.3 is 5.97 Å². The highest BCUT2D eigenvalue weighted by atomic mass is 16.5. The normalized spacial score (nSPS) is 9.64. The number of rotatable bonds is 2. The van der Waals surface area contributed by atoms with E-state index in [0.29, 0.717) is 11.3 Å². The van der Waals surface area contributed by atoms with Crippen molar-refractivity contribution in [2.75, 3.05) is 0 Å². The first kappa shape index (κ1) is 10.4. The molecule has 0 N–H and O–H groups in total. The number of aryl methyl sites for hydroxylation is 1. The molecule has 0 saturated carbocycles. The summed E-state index contributed by atoms with van der Waals surface area (Å²) in [6.45, 7) is 4.63. The zero-order chi connectivity index (χ0) is 10.7. The summed E-state index contributed by atoms with van der Waals surface area (Å²) in [5, 5.41) is 0. The summed E-state index contributed by atoms with van der Waals surface area (Å²) in [6, 6.07) is 5.05. The van der Waals surface area contributed by atoms with Gasteiger partial charge < -0.3 is 4.74 Å². The summed E-state index contributed by atoms with van der Waals surface area (Å²) < 4.78 is 4.94. The quantitative estimate of drug-likeness (QED) is 0.409. The van der Waals surface area contributed by atoms with Gasteiger partial charge in [0.05, 0.1) is 0 Å². The Morgan fingerprint density at radius 1 is 1.21 bits per heavy atom. The van der Waals surface area contributed by atoms with Crippen molar-refractivity contribution in [3.05, 3.63) is 29.3 Å². The van der Waals surface area contributed by atoms with Gasteiger partial charge in [0.15, 0.2) is 5.78 Å². The fraction of sp³-hybridized carbons (Fsp3) is 0.273. The van der Waals surface area contributed by atoms with Crippen LogP contribution in [0.25, 0.3) is 0 Å². The minimum absolute atomic E-state index is 0.0431. The molecular weight excluding hydrogens is 180 g/mol. The molecule has 0 bridgehead atoms. The van der Waals surface area contributed by atoms with Crippen LogP contribution in [0.1, 0.15) is 29.8 Å². The van der Waals surface area contributed by atoms with Crippen LogP contribution in [0.4, 0.5) is 0 Å². The molecule has 0 spiro atoms. The molecular formula is C11H12O3. The molecule has 0 aromatic heterocycles. The van der Waals surface area contributed by atoms with E-state index in [4.69, 9.17) is 4.74 Å². The summed E-state index contributed by atoms with van der Waals surface area (Å²) in [4.78, 5) is 21.8. The van der Waals surface area contributed by atoms with Crippen LogP contribution in [0.15, 0.2) is 18.2 Å². The molecule has 0 aliphatic heterocycles. The Labute approximate surface area is 82.7 Å². The van der Waals surface area contributed by atoms with E-state index in [-0.39, 0.29) is 11.8 Å². The minimum atomic E-state index is -0.381. The topological polar surface area (TPSA) is 43.4 Å². The molecule has 0 radical (unpaired) electrons. The summed E-state index contributed by atoms with van der Waals surface area (Å²) in [5.41, 5.74) is 1.39. The van der Waals surface area contributed by atoms with Gasteiger partial charge in [0.1, 0.15) is 5.75 Å². The minimum Gasteiger partial charge on any atom is -0.426 e. The Bertz CT molecular complexity index is 380. The van der Waals surface area contributed by atoms with Crippen molar-refractivity contribution in [3.63, 3.8) is 0 Å². The number of esters is 1. The van der Waals surface area contributed by atoms with Gasteiger partial charge in [-0.2, -0.15) is 0 Å². The molecule has 14 heavy (non-hydrogen) atoms. The summed E-state index contributed by atoms with van der Waals surface area (Å²) in [5.74, 6) is 0.0254. The lowest BCUT2D eigenvalue weighted by Gasteiger charge is -2.06. The Kier molecular flexibility index (Phi) is 3.02. The maximum atomic E-state index is 11.1. The maximum absolute atomic E-state index is 11.1. The maximum Gasteiger partial charge on any atom is 0.308 e. The van der Waals surface area contributed by atoms with Crippen LogP contribution >= 0.6 is 0 Å². The SMILES string of the molecule is CC(=O)Oc1cc(C(C)=O)ccc1C. The molecule has 0 heterocycles. The van der Waals surface area contributed by atoms with Crippen LogP contribution in [-0.2, 0) is 4.79 Å². The molecule has 74 valence electrons. The van der Waals surface area contributed by atoms with Crippen molar-refractivity contribution in [2.45, 2.75) is 20.8 Å². The van der Waals surface area contributed by atoms with Gasteiger partial charge in [-0.1, -0.05) is 12.1 Å². The largest absolute Gasteiger partial charge is 0.426 e. The zero-order valence-corrected chi connectivity index (χ0v) is 8.46. The first-order valence-electron chi connectivity index (χ1n) is 4.30. The molecule has 0 saturated heterocycles. The molecule has 0 aliphatic carbocycles. The Balaban J connectivity index is 3.08. The lowest BCUT2D eigenvalue weighted by Crippen LogP contribution is -2.04. The molecule has 3 nitrogen and oxygen atoms in total. The lowest BCUT2D eigenvalue weighted by molar-refractivity contribution is -0.131. The van der Waals surface area contributed by atoms with Gasteiger partial charge in [0.2, 0.25) is 0 Å². The molecule has 0 atom stereocenters. The second-order valence-electron chi connectivity index (χ2n) is 3.13. The van der Waals surface area contributed by atoms with E-state index >= 15 is 0 Å². The van der Waals surface area contributed by atoms with Crippen LogP contribution in [0, 0.1) is 6.92 Å². The number of carbonyl (C=O) groups excluding carboxylic acids is 2. The van der Waals surface area contributed by atoms with Gasteiger partial charge in [0.25, 0.3) is 0 Å². The third kappa shape index (κ3) is 2.42. The highest BCUT2D eigenvalue weighted by Gasteiger charge is 2.06. The molecule has 0 fully saturated rings. The van der Waals surface area contributed by atoms with Gasteiger partial charge in [0, 0.05) is 12.5 Å². The van der Waals surface area contributed by atoms with E-state index < -0.39 is 0 Å². The Morgan fingerprint density at radius 3 is 2.36 bits per heavy atom. The molecule has 1 aromatic rings. The monoisotopic (exact) mass is 192 g/mol. The van der Waals surface area contributed by atoms with E-state index in [2.05, 4.69) is 0 Å². The van der Waals surface area contributed by atoms with E-state index in [1.54, 1.807) is 18.2 Å². The predicted octanol–water partition coefficient (Wildman–Crippen LogP) is 2.12. The number of ether oxygens (including phenoxy) is 1. The third-order valence-corrected chi connectivity index (χ3v) is 1.85. The summed E-state index contributed by atoms with van der Waals surface area (Å²) in [6.07, 6.45) is 0. The van der Waals surface area contributed by atoms with E-state index in [1.807, 2.05) is 6.92 Å². The smallest absolute Gasteiger partial charge is 0.308 e.